The maximum Gasteiger partial charge on any atom is 0.152 e. The van der Waals surface area contributed by atoms with Crippen molar-refractivity contribution in [2.45, 2.75) is 6.92 Å². The van der Waals surface area contributed by atoms with E-state index in [2.05, 4.69) is 11.8 Å². The van der Waals surface area contributed by atoms with E-state index in [1.54, 1.807) is 12.1 Å². The number of halogens is 1. The number of nitrogens with zero attached hydrogens (tertiary/aromatic N) is 1. The van der Waals surface area contributed by atoms with Crippen molar-refractivity contribution >= 4 is 11.6 Å². The van der Waals surface area contributed by atoms with Crippen LogP contribution in [-0.2, 0) is 0 Å². The van der Waals surface area contributed by atoms with Gasteiger partial charge in [0.1, 0.15) is 0 Å². The highest BCUT2D eigenvalue weighted by atomic mass is 35.5. The Hall–Kier alpha value is -1.44. The summed E-state index contributed by atoms with van der Waals surface area (Å²) in [6.45, 7) is 1.91. The van der Waals surface area contributed by atoms with Gasteiger partial charge in [0.05, 0.1) is 5.02 Å². The minimum Gasteiger partial charge on any atom is -0.183 e. The first-order valence-corrected chi connectivity index (χ1v) is 3.78. The van der Waals surface area contributed by atoms with E-state index in [1.165, 1.54) is 0 Å². The zero-order valence-corrected chi connectivity index (χ0v) is 7.31. The van der Waals surface area contributed by atoms with Crippen molar-refractivity contribution in [2.24, 2.45) is 0 Å². The molecule has 0 aliphatic carbocycles. The molecule has 2 heteroatoms. The first kappa shape index (κ1) is 8.65. The standard InChI is InChI=1S/C10H6ClN/c1-8-4-2-6-10(11)9(8)5-3-7-12/h2,4,6H,1H3. The Morgan fingerprint density at radius 2 is 2.17 bits per heavy atom. The summed E-state index contributed by atoms with van der Waals surface area (Å²) in [6, 6.07) is 7.28. The summed E-state index contributed by atoms with van der Waals surface area (Å²) >= 11 is 5.85. The molecule has 0 aliphatic heterocycles. The minimum atomic E-state index is 0.595. The number of hydrogen-bond acceptors (Lipinski definition) is 1. The van der Waals surface area contributed by atoms with Crippen LogP contribution in [0, 0.1) is 30.1 Å². The molecule has 0 heterocycles. The number of hydrogen-bond donors (Lipinski definition) is 0. The smallest absolute Gasteiger partial charge is 0.152 e. The Morgan fingerprint density at radius 1 is 1.42 bits per heavy atom. The van der Waals surface area contributed by atoms with Gasteiger partial charge in [-0.3, -0.25) is 0 Å². The van der Waals surface area contributed by atoms with E-state index in [0.29, 0.717) is 5.02 Å². The summed E-state index contributed by atoms with van der Waals surface area (Å²) < 4.78 is 0. The highest BCUT2D eigenvalue weighted by molar-refractivity contribution is 6.31. The lowest BCUT2D eigenvalue weighted by atomic mass is 10.1. The van der Waals surface area contributed by atoms with Gasteiger partial charge < -0.3 is 0 Å². The van der Waals surface area contributed by atoms with Gasteiger partial charge in [0.15, 0.2) is 6.07 Å². The lowest BCUT2D eigenvalue weighted by Gasteiger charge is -1.98. The third kappa shape index (κ3) is 1.78. The van der Waals surface area contributed by atoms with Crippen molar-refractivity contribution in [1.29, 1.82) is 5.26 Å². The molecule has 0 N–H and O–H groups in total. The van der Waals surface area contributed by atoms with Gasteiger partial charge in [-0.1, -0.05) is 23.7 Å². The molecule has 0 fully saturated rings. The monoisotopic (exact) mass is 175 g/mol. The average molecular weight is 176 g/mol. The molecule has 1 aromatic rings. The summed E-state index contributed by atoms with van der Waals surface area (Å²) in [5.41, 5.74) is 1.73. The molecule has 0 unspecified atom stereocenters. The second-order valence-electron chi connectivity index (χ2n) is 2.29. The van der Waals surface area contributed by atoms with Gasteiger partial charge in [0.25, 0.3) is 0 Å². The number of rotatable bonds is 0. The molecule has 0 saturated heterocycles. The number of nitriles is 1. The Bertz CT molecular complexity index is 370. The van der Waals surface area contributed by atoms with Crippen LogP contribution in [0.1, 0.15) is 11.1 Å². The quantitative estimate of drug-likeness (QED) is 0.556. The van der Waals surface area contributed by atoms with Gasteiger partial charge in [-0.25, -0.2) is 0 Å². The highest BCUT2D eigenvalue weighted by Crippen LogP contribution is 2.17. The molecule has 0 amide bonds. The fraction of sp³-hybridized carbons (Fsp3) is 0.100. The zero-order chi connectivity index (χ0) is 8.97. The molecular formula is C10H6ClN. The van der Waals surface area contributed by atoms with Crippen LogP contribution < -0.4 is 0 Å². The predicted molar refractivity (Wildman–Crippen MR) is 48.7 cm³/mol. The van der Waals surface area contributed by atoms with Crippen molar-refractivity contribution in [3.8, 4) is 17.9 Å². The highest BCUT2D eigenvalue weighted by Gasteiger charge is 1.98. The molecule has 0 bridgehead atoms. The molecule has 0 saturated carbocycles. The lowest BCUT2D eigenvalue weighted by Crippen LogP contribution is -1.82. The molecule has 0 spiro atoms. The summed E-state index contributed by atoms with van der Waals surface area (Å²) in [5.74, 6) is 5.01. The molecule has 1 nitrogen and oxygen atoms in total. The van der Waals surface area contributed by atoms with Crippen LogP contribution in [0.25, 0.3) is 0 Å². The van der Waals surface area contributed by atoms with Crippen LogP contribution in [0.5, 0.6) is 0 Å². The van der Waals surface area contributed by atoms with Crippen molar-refractivity contribution in [1.82, 2.24) is 0 Å². The van der Waals surface area contributed by atoms with Crippen molar-refractivity contribution in [3.05, 3.63) is 34.3 Å². The molecule has 0 atom stereocenters. The average Bonchev–Trinajstić information content (AvgIpc) is 2.04. The Morgan fingerprint density at radius 3 is 2.75 bits per heavy atom. The third-order valence-corrected chi connectivity index (χ3v) is 1.78. The van der Waals surface area contributed by atoms with Crippen molar-refractivity contribution in [2.75, 3.05) is 0 Å². The van der Waals surface area contributed by atoms with Crippen LogP contribution in [0.3, 0.4) is 0 Å². The topological polar surface area (TPSA) is 23.8 Å². The fourth-order valence-electron chi connectivity index (χ4n) is 0.881. The summed E-state index contributed by atoms with van der Waals surface area (Å²) in [6.07, 6.45) is 0. The van der Waals surface area contributed by atoms with E-state index >= 15 is 0 Å². The molecule has 0 aliphatic rings. The van der Waals surface area contributed by atoms with E-state index in [4.69, 9.17) is 16.9 Å². The summed E-state index contributed by atoms with van der Waals surface area (Å²) in [7, 11) is 0. The summed E-state index contributed by atoms with van der Waals surface area (Å²) in [5, 5.41) is 8.84. The van der Waals surface area contributed by atoms with Crippen LogP contribution in [0.4, 0.5) is 0 Å². The van der Waals surface area contributed by atoms with Gasteiger partial charge in [-0.05, 0) is 24.5 Å². The van der Waals surface area contributed by atoms with E-state index in [0.717, 1.165) is 11.1 Å². The molecule has 0 radical (unpaired) electrons. The van der Waals surface area contributed by atoms with Gasteiger partial charge >= 0.3 is 0 Å². The Balaban J connectivity index is 3.24. The first-order chi connectivity index (χ1) is 5.75. The predicted octanol–water partition coefficient (Wildman–Crippen LogP) is 2.52. The molecule has 0 aromatic heterocycles. The van der Waals surface area contributed by atoms with Crippen LogP contribution in [-0.4, -0.2) is 0 Å². The Kier molecular flexibility index (Phi) is 2.75. The minimum absolute atomic E-state index is 0.595. The van der Waals surface area contributed by atoms with E-state index in [9.17, 15) is 0 Å². The maximum absolute atomic E-state index is 8.24. The number of aryl methyl sites for hydroxylation is 1. The van der Waals surface area contributed by atoms with Crippen LogP contribution >= 0.6 is 11.6 Å². The number of benzene rings is 1. The molecular weight excluding hydrogens is 170 g/mol. The second-order valence-corrected chi connectivity index (χ2v) is 2.70. The van der Waals surface area contributed by atoms with Crippen molar-refractivity contribution in [3.63, 3.8) is 0 Å². The fourth-order valence-corrected chi connectivity index (χ4v) is 1.15. The SMILES string of the molecule is Cc1cccc(Cl)c1C#CC#N. The van der Waals surface area contributed by atoms with Gasteiger partial charge in [0.2, 0.25) is 0 Å². The van der Waals surface area contributed by atoms with Crippen LogP contribution in [0.2, 0.25) is 5.02 Å². The lowest BCUT2D eigenvalue weighted by molar-refractivity contribution is 1.44. The Labute approximate surface area is 76.6 Å². The van der Waals surface area contributed by atoms with Gasteiger partial charge in [0, 0.05) is 11.5 Å². The first-order valence-electron chi connectivity index (χ1n) is 3.41. The zero-order valence-electron chi connectivity index (χ0n) is 6.56. The normalized spacial score (nSPS) is 8.08. The van der Waals surface area contributed by atoms with Gasteiger partial charge in [-0.15, -0.1) is 0 Å². The van der Waals surface area contributed by atoms with E-state index in [1.807, 2.05) is 19.1 Å². The third-order valence-electron chi connectivity index (χ3n) is 1.47. The molecule has 12 heavy (non-hydrogen) atoms. The van der Waals surface area contributed by atoms with Crippen LogP contribution in [0.15, 0.2) is 18.2 Å². The van der Waals surface area contributed by atoms with E-state index in [-0.39, 0.29) is 0 Å². The van der Waals surface area contributed by atoms with Crippen molar-refractivity contribution < 1.29 is 0 Å². The molecule has 58 valence electrons. The second kappa shape index (κ2) is 3.81. The summed E-state index contributed by atoms with van der Waals surface area (Å²) in [4.78, 5) is 0. The van der Waals surface area contributed by atoms with Gasteiger partial charge in [-0.2, -0.15) is 5.26 Å². The molecule has 1 rings (SSSR count). The largest absolute Gasteiger partial charge is 0.183 e. The maximum atomic E-state index is 8.24. The van der Waals surface area contributed by atoms with E-state index < -0.39 is 0 Å². The molecule has 1 aromatic carbocycles.